The summed E-state index contributed by atoms with van der Waals surface area (Å²) in [5.74, 6) is 0.342. The fraction of sp³-hybridized carbons (Fsp3) is 0.176. The van der Waals surface area contributed by atoms with Gasteiger partial charge in [0.2, 0.25) is 5.96 Å². The number of hydrogen-bond acceptors (Lipinski definition) is 4. The van der Waals surface area contributed by atoms with Gasteiger partial charge in [-0.05, 0) is 38.1 Å². The number of para-hydroxylation sites is 2. The first-order valence-electron chi connectivity index (χ1n) is 7.31. The van der Waals surface area contributed by atoms with E-state index in [-0.39, 0.29) is 6.03 Å². The second-order valence-electron chi connectivity index (χ2n) is 5.55. The Hall–Kier alpha value is -2.86. The largest absolute Gasteiger partial charge is 0.326 e. The Balaban J connectivity index is 1.75. The van der Waals surface area contributed by atoms with Crippen molar-refractivity contribution in [2.45, 2.75) is 19.6 Å². The van der Waals surface area contributed by atoms with E-state index in [1.54, 1.807) is 0 Å². The normalized spacial score (nSPS) is 15.9. The number of hydroxylamine groups is 1. The van der Waals surface area contributed by atoms with Crippen molar-refractivity contribution in [1.29, 1.82) is 0 Å². The van der Waals surface area contributed by atoms with Gasteiger partial charge in [0, 0.05) is 5.69 Å². The van der Waals surface area contributed by atoms with Crippen molar-refractivity contribution in [2.75, 3.05) is 10.4 Å². The number of guanidine groups is 1. The van der Waals surface area contributed by atoms with Gasteiger partial charge in [-0.3, -0.25) is 5.32 Å². The van der Waals surface area contributed by atoms with E-state index >= 15 is 0 Å². The summed E-state index contributed by atoms with van der Waals surface area (Å²) in [5.41, 5.74) is 0.748. The molecule has 2 amide bonds. The third-order valence-electron chi connectivity index (χ3n) is 3.13. The van der Waals surface area contributed by atoms with E-state index in [2.05, 4.69) is 15.6 Å². The van der Waals surface area contributed by atoms with Crippen LogP contribution in [0.3, 0.4) is 0 Å². The van der Waals surface area contributed by atoms with Crippen molar-refractivity contribution in [3.63, 3.8) is 0 Å². The van der Waals surface area contributed by atoms with Crippen LogP contribution in [0.1, 0.15) is 13.8 Å². The second-order valence-corrected chi connectivity index (χ2v) is 5.55. The molecule has 23 heavy (non-hydrogen) atoms. The Labute approximate surface area is 134 Å². The number of nitrogens with one attached hydrogen (secondary N) is 2. The van der Waals surface area contributed by atoms with Gasteiger partial charge in [-0.2, -0.15) is 5.06 Å². The van der Waals surface area contributed by atoms with Crippen molar-refractivity contribution >= 4 is 23.4 Å². The zero-order chi connectivity index (χ0) is 16.3. The van der Waals surface area contributed by atoms with Crippen molar-refractivity contribution in [1.82, 2.24) is 5.32 Å². The molecule has 2 aromatic carbocycles. The van der Waals surface area contributed by atoms with E-state index in [0.29, 0.717) is 11.6 Å². The summed E-state index contributed by atoms with van der Waals surface area (Å²) in [6, 6.07) is 18.3. The Morgan fingerprint density at radius 1 is 1.00 bits per heavy atom. The van der Waals surface area contributed by atoms with Gasteiger partial charge in [0.25, 0.3) is 0 Å². The Morgan fingerprint density at radius 3 is 2.26 bits per heavy atom. The molecule has 0 aliphatic carbocycles. The first-order chi connectivity index (χ1) is 11.0. The number of amides is 2. The Bertz CT molecular complexity index is 714. The maximum Gasteiger partial charge on any atom is 0.326 e. The van der Waals surface area contributed by atoms with Crippen molar-refractivity contribution in [3.8, 4) is 0 Å². The molecule has 1 aliphatic rings. The van der Waals surface area contributed by atoms with Crippen molar-refractivity contribution in [3.05, 3.63) is 60.7 Å². The minimum absolute atomic E-state index is 0.342. The lowest BCUT2D eigenvalue weighted by Gasteiger charge is -2.22. The van der Waals surface area contributed by atoms with Gasteiger partial charge in [0.05, 0.1) is 5.69 Å². The standard InChI is InChI=1S/C17H18N4O2/c1-17(2)20-15(21(23-17)14-11-7-4-8-12-14)19-16(22)18-13-9-5-3-6-10-13/h3-12H,1-2H3,(H2,18,19,20,22). The highest BCUT2D eigenvalue weighted by Gasteiger charge is 2.34. The quantitative estimate of drug-likeness (QED) is 0.894. The number of aliphatic imine (C=N–C) groups is 1. The first kappa shape index (κ1) is 15.1. The summed E-state index contributed by atoms with van der Waals surface area (Å²) in [4.78, 5) is 22.4. The number of nitrogens with zero attached hydrogens (tertiary/aromatic N) is 2. The highest BCUT2D eigenvalue weighted by molar-refractivity contribution is 6.08. The summed E-state index contributed by atoms with van der Waals surface area (Å²) in [7, 11) is 0. The molecular formula is C17H18N4O2. The number of hydrogen-bond donors (Lipinski definition) is 2. The molecule has 0 bridgehead atoms. The molecule has 6 heteroatoms. The van der Waals surface area contributed by atoms with E-state index in [4.69, 9.17) is 4.84 Å². The van der Waals surface area contributed by atoms with Crippen LogP contribution in [0.25, 0.3) is 0 Å². The number of anilines is 2. The van der Waals surface area contributed by atoms with E-state index in [0.717, 1.165) is 5.69 Å². The fourth-order valence-electron chi connectivity index (χ4n) is 2.19. The van der Waals surface area contributed by atoms with Crippen LogP contribution in [0.15, 0.2) is 65.7 Å². The summed E-state index contributed by atoms with van der Waals surface area (Å²) >= 11 is 0. The van der Waals surface area contributed by atoms with Crippen LogP contribution in [-0.2, 0) is 4.84 Å². The number of urea groups is 1. The first-order valence-corrected chi connectivity index (χ1v) is 7.31. The molecule has 0 fully saturated rings. The number of carbonyl (C=O) groups excluding carboxylic acids is 1. The molecule has 0 atom stereocenters. The SMILES string of the molecule is CC1(C)N=C(NC(=O)Nc2ccccc2)N(c2ccccc2)O1. The van der Waals surface area contributed by atoms with Crippen LogP contribution in [0.4, 0.5) is 16.2 Å². The Morgan fingerprint density at radius 2 is 1.61 bits per heavy atom. The fourth-order valence-corrected chi connectivity index (χ4v) is 2.19. The maximum absolute atomic E-state index is 12.2. The molecule has 2 aromatic rings. The molecule has 1 heterocycles. The average molecular weight is 310 g/mol. The molecule has 6 nitrogen and oxygen atoms in total. The summed E-state index contributed by atoms with van der Waals surface area (Å²) < 4.78 is 0. The van der Waals surface area contributed by atoms with Crippen LogP contribution in [0.5, 0.6) is 0 Å². The summed E-state index contributed by atoms with van der Waals surface area (Å²) in [5, 5.41) is 7.01. The van der Waals surface area contributed by atoms with E-state index in [9.17, 15) is 4.79 Å². The van der Waals surface area contributed by atoms with Gasteiger partial charge in [-0.15, -0.1) is 0 Å². The molecular weight excluding hydrogens is 292 g/mol. The lowest BCUT2D eigenvalue weighted by atomic mass is 10.3. The summed E-state index contributed by atoms with van der Waals surface area (Å²) in [6.45, 7) is 3.65. The lowest BCUT2D eigenvalue weighted by Crippen LogP contribution is -2.43. The molecule has 0 radical (unpaired) electrons. The van der Waals surface area contributed by atoms with Crippen LogP contribution < -0.4 is 15.7 Å². The second kappa shape index (κ2) is 6.10. The number of benzene rings is 2. The van der Waals surface area contributed by atoms with Gasteiger partial charge in [-0.25, -0.2) is 14.6 Å². The van der Waals surface area contributed by atoms with Crippen LogP contribution in [0, 0.1) is 0 Å². The minimum atomic E-state index is -0.745. The minimum Gasteiger partial charge on any atom is -0.308 e. The molecule has 2 N–H and O–H groups in total. The van der Waals surface area contributed by atoms with E-state index in [1.807, 2.05) is 74.5 Å². The number of rotatable bonds is 2. The number of carbonyl (C=O) groups is 1. The molecule has 0 saturated carbocycles. The van der Waals surface area contributed by atoms with Crippen LogP contribution in [-0.4, -0.2) is 17.7 Å². The molecule has 3 rings (SSSR count). The molecule has 0 aromatic heterocycles. The highest BCUT2D eigenvalue weighted by atomic mass is 16.7. The molecule has 1 aliphatic heterocycles. The van der Waals surface area contributed by atoms with Gasteiger partial charge in [0.1, 0.15) is 0 Å². The molecule has 0 saturated heterocycles. The third kappa shape index (κ3) is 3.67. The lowest BCUT2D eigenvalue weighted by molar-refractivity contribution is 0.0141. The topological polar surface area (TPSA) is 66.0 Å². The zero-order valence-corrected chi connectivity index (χ0v) is 13.0. The highest BCUT2D eigenvalue weighted by Crippen LogP contribution is 2.26. The smallest absolute Gasteiger partial charge is 0.308 e. The van der Waals surface area contributed by atoms with Gasteiger partial charge in [-0.1, -0.05) is 36.4 Å². The van der Waals surface area contributed by atoms with Gasteiger partial charge in [0.15, 0.2) is 5.72 Å². The maximum atomic E-state index is 12.2. The molecule has 0 unspecified atom stereocenters. The average Bonchev–Trinajstić information content (AvgIpc) is 2.83. The monoisotopic (exact) mass is 310 g/mol. The van der Waals surface area contributed by atoms with Crippen LogP contribution in [0.2, 0.25) is 0 Å². The van der Waals surface area contributed by atoms with E-state index in [1.165, 1.54) is 5.06 Å². The van der Waals surface area contributed by atoms with Crippen LogP contribution >= 0.6 is 0 Å². The zero-order valence-electron chi connectivity index (χ0n) is 13.0. The predicted molar refractivity (Wildman–Crippen MR) is 90.1 cm³/mol. The van der Waals surface area contributed by atoms with Gasteiger partial charge >= 0.3 is 6.03 Å². The molecule has 0 spiro atoms. The van der Waals surface area contributed by atoms with E-state index < -0.39 is 5.72 Å². The van der Waals surface area contributed by atoms with Crippen molar-refractivity contribution < 1.29 is 9.63 Å². The third-order valence-corrected chi connectivity index (χ3v) is 3.13. The molecule has 118 valence electrons. The Kier molecular flexibility index (Phi) is 3.99. The van der Waals surface area contributed by atoms with Crippen molar-refractivity contribution in [2.24, 2.45) is 4.99 Å². The van der Waals surface area contributed by atoms with Gasteiger partial charge < -0.3 is 5.32 Å². The predicted octanol–water partition coefficient (Wildman–Crippen LogP) is 3.35. The summed E-state index contributed by atoms with van der Waals surface area (Å²) in [6.07, 6.45) is 0.